The summed E-state index contributed by atoms with van der Waals surface area (Å²) in [5.41, 5.74) is 0.359. The standard InChI is InChI=1S/C15H33N3/c1-7-18-9-8-17(10-14(18)4)12-15(5,6)11-16-13(2)3/h13-14,16H,7-12H2,1-6H3. The summed E-state index contributed by atoms with van der Waals surface area (Å²) in [6.45, 7) is 21.0. The van der Waals surface area contributed by atoms with Crippen LogP contribution in [0.25, 0.3) is 0 Å². The van der Waals surface area contributed by atoms with Crippen molar-refractivity contribution in [3.05, 3.63) is 0 Å². The van der Waals surface area contributed by atoms with Gasteiger partial charge in [0, 0.05) is 44.8 Å². The van der Waals surface area contributed by atoms with Crippen molar-refractivity contribution >= 4 is 0 Å². The second-order valence-corrected chi connectivity index (χ2v) is 6.91. The van der Waals surface area contributed by atoms with Crippen molar-refractivity contribution in [3.8, 4) is 0 Å². The second kappa shape index (κ2) is 6.88. The summed E-state index contributed by atoms with van der Waals surface area (Å²) >= 11 is 0. The molecule has 0 aromatic heterocycles. The van der Waals surface area contributed by atoms with E-state index in [0.29, 0.717) is 17.5 Å². The van der Waals surface area contributed by atoms with Gasteiger partial charge in [-0.05, 0) is 18.9 Å². The van der Waals surface area contributed by atoms with Gasteiger partial charge in [-0.15, -0.1) is 0 Å². The Balaban J connectivity index is 2.38. The van der Waals surface area contributed by atoms with E-state index in [9.17, 15) is 0 Å². The van der Waals surface area contributed by atoms with Crippen LogP contribution >= 0.6 is 0 Å². The summed E-state index contributed by atoms with van der Waals surface area (Å²) in [5, 5.41) is 3.57. The molecule has 18 heavy (non-hydrogen) atoms. The van der Waals surface area contributed by atoms with Crippen LogP contribution in [0.2, 0.25) is 0 Å². The summed E-state index contributed by atoms with van der Waals surface area (Å²) in [5.74, 6) is 0. The van der Waals surface area contributed by atoms with E-state index in [-0.39, 0.29) is 0 Å². The van der Waals surface area contributed by atoms with Gasteiger partial charge in [-0.25, -0.2) is 0 Å². The quantitative estimate of drug-likeness (QED) is 0.783. The highest BCUT2D eigenvalue weighted by Crippen LogP contribution is 2.19. The lowest BCUT2D eigenvalue weighted by Gasteiger charge is -2.42. The maximum atomic E-state index is 3.57. The number of likely N-dealkylation sites (N-methyl/N-ethyl adjacent to an activating group) is 1. The molecule has 1 fully saturated rings. The van der Waals surface area contributed by atoms with Crippen LogP contribution in [0.3, 0.4) is 0 Å². The number of hydrogen-bond acceptors (Lipinski definition) is 3. The Hall–Kier alpha value is -0.120. The van der Waals surface area contributed by atoms with Gasteiger partial charge in [0.1, 0.15) is 0 Å². The van der Waals surface area contributed by atoms with Gasteiger partial charge in [0.25, 0.3) is 0 Å². The number of hydrogen-bond donors (Lipinski definition) is 1. The van der Waals surface area contributed by atoms with Gasteiger partial charge in [0.2, 0.25) is 0 Å². The molecule has 0 bridgehead atoms. The molecule has 1 saturated heterocycles. The first-order chi connectivity index (χ1) is 8.34. The van der Waals surface area contributed by atoms with E-state index in [2.05, 4.69) is 56.7 Å². The molecule has 0 spiro atoms. The lowest BCUT2D eigenvalue weighted by Crippen LogP contribution is -2.54. The molecule has 0 aliphatic carbocycles. The number of nitrogens with zero attached hydrogens (tertiary/aromatic N) is 2. The minimum atomic E-state index is 0.359. The molecule has 3 heteroatoms. The minimum Gasteiger partial charge on any atom is -0.314 e. The topological polar surface area (TPSA) is 18.5 Å². The third-order valence-corrected chi connectivity index (χ3v) is 3.90. The van der Waals surface area contributed by atoms with Crippen LogP contribution in [-0.4, -0.2) is 61.2 Å². The summed E-state index contributed by atoms with van der Waals surface area (Å²) in [6, 6.07) is 1.29. The second-order valence-electron chi connectivity index (χ2n) is 6.91. The van der Waals surface area contributed by atoms with Gasteiger partial charge in [-0.2, -0.15) is 0 Å². The van der Waals surface area contributed by atoms with Crippen molar-refractivity contribution in [2.75, 3.05) is 39.3 Å². The molecule has 0 saturated carbocycles. The fourth-order valence-electron chi connectivity index (χ4n) is 2.83. The van der Waals surface area contributed by atoms with Crippen LogP contribution in [0, 0.1) is 5.41 Å². The maximum absolute atomic E-state index is 3.57. The minimum absolute atomic E-state index is 0.359. The summed E-state index contributed by atoms with van der Waals surface area (Å²) in [6.07, 6.45) is 0. The molecule has 0 aromatic carbocycles. The third kappa shape index (κ3) is 5.25. The van der Waals surface area contributed by atoms with Crippen molar-refractivity contribution in [3.63, 3.8) is 0 Å². The van der Waals surface area contributed by atoms with Crippen LogP contribution in [-0.2, 0) is 0 Å². The predicted octanol–water partition coefficient (Wildman–Crippen LogP) is 2.04. The third-order valence-electron chi connectivity index (χ3n) is 3.90. The zero-order valence-electron chi connectivity index (χ0n) is 13.3. The molecule has 1 rings (SSSR count). The largest absolute Gasteiger partial charge is 0.314 e. The van der Waals surface area contributed by atoms with Crippen molar-refractivity contribution in [1.82, 2.24) is 15.1 Å². The Morgan fingerprint density at radius 3 is 2.44 bits per heavy atom. The number of piperazine rings is 1. The van der Waals surface area contributed by atoms with Crippen LogP contribution in [0.4, 0.5) is 0 Å². The van der Waals surface area contributed by atoms with Gasteiger partial charge in [-0.3, -0.25) is 9.80 Å². The van der Waals surface area contributed by atoms with Crippen LogP contribution in [0.5, 0.6) is 0 Å². The zero-order valence-corrected chi connectivity index (χ0v) is 13.3. The molecule has 1 aliphatic rings. The Kier molecular flexibility index (Phi) is 6.09. The molecule has 0 aromatic rings. The molecule has 1 heterocycles. The zero-order chi connectivity index (χ0) is 13.8. The fourth-order valence-corrected chi connectivity index (χ4v) is 2.83. The van der Waals surface area contributed by atoms with Crippen LogP contribution in [0.15, 0.2) is 0 Å². The van der Waals surface area contributed by atoms with Crippen molar-refractivity contribution < 1.29 is 0 Å². The summed E-state index contributed by atoms with van der Waals surface area (Å²) in [4.78, 5) is 5.22. The molecule has 0 amide bonds. The van der Waals surface area contributed by atoms with Crippen LogP contribution < -0.4 is 5.32 Å². The first-order valence-corrected chi connectivity index (χ1v) is 7.54. The fraction of sp³-hybridized carbons (Fsp3) is 1.00. The first-order valence-electron chi connectivity index (χ1n) is 7.54. The summed E-state index contributed by atoms with van der Waals surface area (Å²) in [7, 11) is 0. The monoisotopic (exact) mass is 255 g/mol. The predicted molar refractivity (Wildman–Crippen MR) is 80.1 cm³/mol. The van der Waals surface area contributed by atoms with Crippen molar-refractivity contribution in [1.29, 1.82) is 0 Å². The van der Waals surface area contributed by atoms with E-state index in [0.717, 1.165) is 6.54 Å². The highest BCUT2D eigenvalue weighted by atomic mass is 15.3. The van der Waals surface area contributed by atoms with E-state index in [1.807, 2.05) is 0 Å². The molecule has 1 unspecified atom stereocenters. The SMILES string of the molecule is CCN1CCN(CC(C)(C)CNC(C)C)CC1C. The molecule has 1 aliphatic heterocycles. The van der Waals surface area contributed by atoms with E-state index >= 15 is 0 Å². The average Bonchev–Trinajstić information content (AvgIpc) is 2.26. The van der Waals surface area contributed by atoms with Gasteiger partial charge in [-0.1, -0.05) is 34.6 Å². The molecule has 1 atom stereocenters. The van der Waals surface area contributed by atoms with E-state index in [1.54, 1.807) is 0 Å². The van der Waals surface area contributed by atoms with Gasteiger partial charge < -0.3 is 5.32 Å². The normalized spacial score (nSPS) is 23.8. The smallest absolute Gasteiger partial charge is 0.0195 e. The molecule has 108 valence electrons. The molecular weight excluding hydrogens is 222 g/mol. The Labute approximate surface area is 114 Å². The maximum Gasteiger partial charge on any atom is 0.0195 e. The van der Waals surface area contributed by atoms with Crippen molar-refractivity contribution in [2.45, 2.75) is 53.6 Å². The molecule has 1 N–H and O–H groups in total. The van der Waals surface area contributed by atoms with Gasteiger partial charge in [0.05, 0.1) is 0 Å². The average molecular weight is 255 g/mol. The first kappa shape index (κ1) is 15.9. The molecule has 3 nitrogen and oxygen atoms in total. The van der Waals surface area contributed by atoms with Gasteiger partial charge in [0.15, 0.2) is 0 Å². The molecule has 0 radical (unpaired) electrons. The lowest BCUT2D eigenvalue weighted by atomic mass is 9.91. The highest BCUT2D eigenvalue weighted by Gasteiger charge is 2.27. The highest BCUT2D eigenvalue weighted by molar-refractivity contribution is 4.83. The Morgan fingerprint density at radius 2 is 1.94 bits per heavy atom. The van der Waals surface area contributed by atoms with Crippen molar-refractivity contribution in [2.24, 2.45) is 5.41 Å². The van der Waals surface area contributed by atoms with E-state index in [1.165, 1.54) is 32.7 Å². The Morgan fingerprint density at radius 1 is 1.28 bits per heavy atom. The van der Waals surface area contributed by atoms with E-state index in [4.69, 9.17) is 0 Å². The van der Waals surface area contributed by atoms with Crippen LogP contribution in [0.1, 0.15) is 41.5 Å². The summed E-state index contributed by atoms with van der Waals surface area (Å²) < 4.78 is 0. The number of nitrogens with one attached hydrogen (secondary N) is 1. The molecular formula is C15H33N3. The Bertz CT molecular complexity index is 238. The lowest BCUT2D eigenvalue weighted by molar-refractivity contribution is 0.0617. The van der Waals surface area contributed by atoms with Gasteiger partial charge >= 0.3 is 0 Å². The van der Waals surface area contributed by atoms with E-state index < -0.39 is 0 Å². The number of rotatable bonds is 6.